The van der Waals surface area contributed by atoms with Gasteiger partial charge in [0.2, 0.25) is 5.28 Å². The third-order valence-corrected chi connectivity index (χ3v) is 2.43. The van der Waals surface area contributed by atoms with Gasteiger partial charge in [-0.05, 0) is 24.1 Å². The molecule has 2 aromatic rings. The molecular weight excluding hydrogens is 222 g/mol. The molecular formula is C12H12ClN3. The van der Waals surface area contributed by atoms with Crippen LogP contribution in [0.1, 0.15) is 11.1 Å². The van der Waals surface area contributed by atoms with Gasteiger partial charge < -0.3 is 5.32 Å². The van der Waals surface area contributed by atoms with Crippen molar-refractivity contribution in [1.29, 1.82) is 0 Å². The molecule has 0 aliphatic heterocycles. The minimum absolute atomic E-state index is 0.265. The van der Waals surface area contributed by atoms with Gasteiger partial charge >= 0.3 is 0 Å². The summed E-state index contributed by atoms with van der Waals surface area (Å²) in [5.74, 6) is 0.781. The molecule has 4 heteroatoms. The molecule has 1 aromatic heterocycles. The monoisotopic (exact) mass is 233 g/mol. The Bertz CT molecular complexity index is 471. The molecule has 0 saturated carbocycles. The molecule has 0 saturated heterocycles. The fourth-order valence-corrected chi connectivity index (χ4v) is 1.51. The highest BCUT2D eigenvalue weighted by atomic mass is 35.5. The average molecular weight is 234 g/mol. The SMILES string of the molecule is Cc1cnc(Cl)nc1NCc1ccccc1. The Morgan fingerprint density at radius 3 is 2.75 bits per heavy atom. The van der Waals surface area contributed by atoms with Crippen LogP contribution < -0.4 is 5.32 Å². The van der Waals surface area contributed by atoms with Crippen LogP contribution in [0, 0.1) is 6.92 Å². The maximum atomic E-state index is 5.74. The number of hydrogen-bond donors (Lipinski definition) is 1. The molecule has 0 atom stereocenters. The van der Waals surface area contributed by atoms with E-state index in [4.69, 9.17) is 11.6 Å². The van der Waals surface area contributed by atoms with Crippen molar-refractivity contribution >= 4 is 17.4 Å². The van der Waals surface area contributed by atoms with E-state index in [1.165, 1.54) is 5.56 Å². The number of halogens is 1. The zero-order chi connectivity index (χ0) is 11.4. The minimum Gasteiger partial charge on any atom is -0.366 e. The van der Waals surface area contributed by atoms with Crippen LogP contribution in [0.2, 0.25) is 5.28 Å². The highest BCUT2D eigenvalue weighted by Gasteiger charge is 2.01. The van der Waals surface area contributed by atoms with Gasteiger partial charge in [0.05, 0.1) is 0 Å². The molecule has 0 fully saturated rings. The smallest absolute Gasteiger partial charge is 0.224 e. The first-order chi connectivity index (χ1) is 7.75. The maximum Gasteiger partial charge on any atom is 0.224 e. The van der Waals surface area contributed by atoms with Gasteiger partial charge in [-0.15, -0.1) is 0 Å². The van der Waals surface area contributed by atoms with Gasteiger partial charge in [0, 0.05) is 18.3 Å². The van der Waals surface area contributed by atoms with Crippen molar-refractivity contribution in [2.24, 2.45) is 0 Å². The zero-order valence-electron chi connectivity index (χ0n) is 8.94. The van der Waals surface area contributed by atoms with Gasteiger partial charge in [-0.2, -0.15) is 0 Å². The van der Waals surface area contributed by atoms with Crippen LogP contribution in [0.25, 0.3) is 0 Å². The van der Waals surface area contributed by atoms with Gasteiger partial charge in [-0.25, -0.2) is 9.97 Å². The fourth-order valence-electron chi connectivity index (χ4n) is 1.38. The van der Waals surface area contributed by atoms with Gasteiger partial charge in [-0.3, -0.25) is 0 Å². The summed E-state index contributed by atoms with van der Waals surface area (Å²) in [5, 5.41) is 3.50. The number of anilines is 1. The Kier molecular flexibility index (Phi) is 3.37. The van der Waals surface area contributed by atoms with Crippen molar-refractivity contribution in [3.8, 4) is 0 Å². The van der Waals surface area contributed by atoms with Gasteiger partial charge in [0.15, 0.2) is 0 Å². The van der Waals surface area contributed by atoms with E-state index in [1.54, 1.807) is 6.20 Å². The van der Waals surface area contributed by atoms with Crippen molar-refractivity contribution in [1.82, 2.24) is 9.97 Å². The molecule has 0 spiro atoms. The standard InChI is InChI=1S/C12H12ClN3/c1-9-7-15-12(13)16-11(9)14-8-10-5-3-2-4-6-10/h2-7H,8H2,1H3,(H,14,15,16). The summed E-state index contributed by atoms with van der Waals surface area (Å²) in [6.45, 7) is 2.68. The topological polar surface area (TPSA) is 37.8 Å². The molecule has 0 aliphatic carbocycles. The van der Waals surface area contributed by atoms with Crippen molar-refractivity contribution in [3.63, 3.8) is 0 Å². The Hall–Kier alpha value is -1.61. The highest BCUT2D eigenvalue weighted by Crippen LogP contribution is 2.13. The van der Waals surface area contributed by atoms with Gasteiger partial charge in [-0.1, -0.05) is 30.3 Å². The Morgan fingerprint density at radius 1 is 1.25 bits per heavy atom. The second kappa shape index (κ2) is 4.94. The van der Waals surface area contributed by atoms with E-state index in [0.717, 1.165) is 17.9 Å². The van der Waals surface area contributed by atoms with E-state index in [1.807, 2.05) is 25.1 Å². The highest BCUT2D eigenvalue weighted by molar-refractivity contribution is 6.28. The quantitative estimate of drug-likeness (QED) is 0.828. The number of nitrogens with one attached hydrogen (secondary N) is 1. The van der Waals surface area contributed by atoms with Crippen LogP contribution in [0.3, 0.4) is 0 Å². The van der Waals surface area contributed by atoms with Crippen LogP contribution >= 0.6 is 11.6 Å². The van der Waals surface area contributed by atoms with E-state index < -0.39 is 0 Å². The lowest BCUT2D eigenvalue weighted by molar-refractivity contribution is 1.06. The number of nitrogens with zero attached hydrogens (tertiary/aromatic N) is 2. The Labute approximate surface area is 99.5 Å². The molecule has 82 valence electrons. The van der Waals surface area contributed by atoms with Crippen molar-refractivity contribution < 1.29 is 0 Å². The number of benzene rings is 1. The molecule has 1 N–H and O–H groups in total. The predicted octanol–water partition coefficient (Wildman–Crippen LogP) is 3.05. The summed E-state index contributed by atoms with van der Waals surface area (Å²) in [6, 6.07) is 10.1. The van der Waals surface area contributed by atoms with E-state index in [-0.39, 0.29) is 5.28 Å². The third kappa shape index (κ3) is 2.70. The lowest BCUT2D eigenvalue weighted by atomic mass is 10.2. The molecule has 0 amide bonds. The van der Waals surface area contributed by atoms with Gasteiger partial charge in [0.1, 0.15) is 5.82 Å². The Balaban J connectivity index is 2.08. The lowest BCUT2D eigenvalue weighted by Gasteiger charge is -2.08. The molecule has 0 bridgehead atoms. The van der Waals surface area contributed by atoms with Crippen molar-refractivity contribution in [2.75, 3.05) is 5.32 Å². The van der Waals surface area contributed by atoms with E-state index >= 15 is 0 Å². The number of rotatable bonds is 3. The third-order valence-electron chi connectivity index (χ3n) is 2.25. The zero-order valence-corrected chi connectivity index (χ0v) is 9.70. The Morgan fingerprint density at radius 2 is 2.00 bits per heavy atom. The molecule has 0 unspecified atom stereocenters. The summed E-state index contributed by atoms with van der Waals surface area (Å²) < 4.78 is 0. The summed E-state index contributed by atoms with van der Waals surface area (Å²) in [6.07, 6.45) is 1.71. The second-order valence-corrected chi connectivity index (χ2v) is 3.85. The first kappa shape index (κ1) is 10.9. The predicted molar refractivity (Wildman–Crippen MR) is 65.5 cm³/mol. The molecule has 2 rings (SSSR count). The summed E-state index contributed by atoms with van der Waals surface area (Å²) in [7, 11) is 0. The van der Waals surface area contributed by atoms with Crippen LogP contribution in [-0.2, 0) is 6.54 Å². The van der Waals surface area contributed by atoms with E-state index in [2.05, 4.69) is 27.4 Å². The van der Waals surface area contributed by atoms with Crippen molar-refractivity contribution in [3.05, 3.63) is 52.9 Å². The van der Waals surface area contributed by atoms with Crippen molar-refractivity contribution in [2.45, 2.75) is 13.5 Å². The molecule has 1 heterocycles. The van der Waals surface area contributed by atoms with Crippen LogP contribution in [0.15, 0.2) is 36.5 Å². The van der Waals surface area contributed by atoms with Crippen LogP contribution in [0.4, 0.5) is 5.82 Å². The number of hydrogen-bond acceptors (Lipinski definition) is 3. The average Bonchev–Trinajstić information content (AvgIpc) is 2.32. The largest absolute Gasteiger partial charge is 0.366 e. The molecule has 0 aliphatic rings. The first-order valence-electron chi connectivity index (χ1n) is 5.02. The first-order valence-corrected chi connectivity index (χ1v) is 5.40. The summed E-state index contributed by atoms with van der Waals surface area (Å²) in [5.41, 5.74) is 2.19. The van der Waals surface area contributed by atoms with Gasteiger partial charge in [0.25, 0.3) is 0 Å². The summed E-state index contributed by atoms with van der Waals surface area (Å²) >= 11 is 5.74. The minimum atomic E-state index is 0.265. The number of aryl methyl sites for hydroxylation is 1. The van der Waals surface area contributed by atoms with Crippen LogP contribution in [0.5, 0.6) is 0 Å². The molecule has 0 radical (unpaired) electrons. The summed E-state index contributed by atoms with van der Waals surface area (Å²) in [4.78, 5) is 8.04. The number of aromatic nitrogens is 2. The second-order valence-electron chi connectivity index (χ2n) is 3.51. The van der Waals surface area contributed by atoms with Crippen LogP contribution in [-0.4, -0.2) is 9.97 Å². The lowest BCUT2D eigenvalue weighted by Crippen LogP contribution is -2.03. The molecule has 1 aromatic carbocycles. The fraction of sp³-hybridized carbons (Fsp3) is 0.167. The maximum absolute atomic E-state index is 5.74. The molecule has 16 heavy (non-hydrogen) atoms. The van der Waals surface area contributed by atoms with E-state index in [0.29, 0.717) is 0 Å². The molecule has 3 nitrogen and oxygen atoms in total. The normalized spacial score (nSPS) is 10.1. The van der Waals surface area contributed by atoms with E-state index in [9.17, 15) is 0 Å².